The summed E-state index contributed by atoms with van der Waals surface area (Å²) in [5.74, 6) is 1.69. The molecule has 5 heteroatoms. The maximum atomic E-state index is 6.50. The monoisotopic (exact) mass is 475 g/mol. The number of hydrogen-bond acceptors (Lipinski definition) is 4. The second-order valence-electron chi connectivity index (χ2n) is 9.67. The second-order valence-corrected chi connectivity index (χ2v) is 9.67. The fourth-order valence-corrected chi connectivity index (χ4v) is 6.07. The maximum absolute atomic E-state index is 6.50. The van der Waals surface area contributed by atoms with Crippen LogP contribution in [0.15, 0.2) is 118 Å². The van der Waals surface area contributed by atoms with Gasteiger partial charge in [0.2, 0.25) is 0 Å². The lowest BCUT2D eigenvalue weighted by Crippen LogP contribution is -2.50. The van der Waals surface area contributed by atoms with Crippen molar-refractivity contribution in [3.63, 3.8) is 0 Å². The Bertz CT molecular complexity index is 2050. The normalized spacial score (nSPS) is 13.5. The molecule has 0 saturated heterocycles. The van der Waals surface area contributed by atoms with E-state index in [1.165, 1.54) is 0 Å². The Morgan fingerprint density at radius 1 is 0.595 bits per heavy atom. The lowest BCUT2D eigenvalue weighted by Gasteiger charge is -2.28. The van der Waals surface area contributed by atoms with Gasteiger partial charge in [0.05, 0.1) is 11.3 Å². The number of furan rings is 2. The molecule has 4 nitrogen and oxygen atoms in total. The fourth-order valence-electron chi connectivity index (χ4n) is 6.07. The third-order valence-corrected chi connectivity index (χ3v) is 7.70. The van der Waals surface area contributed by atoms with Crippen LogP contribution in [-0.2, 0) is 0 Å². The highest BCUT2D eigenvalue weighted by Crippen LogP contribution is 2.51. The van der Waals surface area contributed by atoms with E-state index in [0.29, 0.717) is 0 Å². The molecule has 0 fully saturated rings. The molecule has 0 N–H and O–H groups in total. The summed E-state index contributed by atoms with van der Waals surface area (Å²) in [7, 11) is -0.281. The highest BCUT2D eigenvalue weighted by Gasteiger charge is 2.47. The Hall–Kier alpha value is -4.90. The molecule has 2 aliphatic heterocycles. The molecule has 2 aromatic heterocycles. The van der Waals surface area contributed by atoms with Crippen LogP contribution in [0, 0.1) is 0 Å². The van der Waals surface area contributed by atoms with E-state index >= 15 is 0 Å². The van der Waals surface area contributed by atoms with E-state index in [-0.39, 0.29) is 7.05 Å². The molecule has 5 aromatic carbocycles. The van der Waals surface area contributed by atoms with Crippen molar-refractivity contribution in [1.29, 1.82) is 0 Å². The van der Waals surface area contributed by atoms with Crippen LogP contribution in [0.5, 0.6) is 5.75 Å². The van der Waals surface area contributed by atoms with Crippen molar-refractivity contribution in [2.24, 2.45) is 0 Å². The Morgan fingerprint density at radius 2 is 1.35 bits per heavy atom. The lowest BCUT2D eigenvalue weighted by atomic mass is 9.65. The van der Waals surface area contributed by atoms with Crippen molar-refractivity contribution < 1.29 is 13.5 Å². The second kappa shape index (κ2) is 6.86. The molecule has 0 spiro atoms. The Kier molecular flexibility index (Phi) is 3.58. The van der Waals surface area contributed by atoms with Crippen molar-refractivity contribution in [3.8, 4) is 28.0 Å². The summed E-state index contributed by atoms with van der Waals surface area (Å²) in [6.45, 7) is 0. The van der Waals surface area contributed by atoms with Crippen LogP contribution in [0.25, 0.3) is 55.2 Å². The molecular weight excluding hydrogens is 457 g/mol. The van der Waals surface area contributed by atoms with E-state index in [1.54, 1.807) is 0 Å². The third kappa shape index (κ3) is 2.48. The summed E-state index contributed by atoms with van der Waals surface area (Å²) in [6, 6.07) is 37.6. The van der Waals surface area contributed by atoms with Crippen LogP contribution in [0.4, 0.5) is 11.6 Å². The third-order valence-electron chi connectivity index (χ3n) is 7.70. The molecule has 172 valence electrons. The Balaban J connectivity index is 1.33. The Morgan fingerprint density at radius 3 is 2.27 bits per heavy atom. The predicted molar refractivity (Wildman–Crippen MR) is 149 cm³/mol. The van der Waals surface area contributed by atoms with Gasteiger partial charge in [-0.3, -0.25) is 0 Å². The van der Waals surface area contributed by atoms with E-state index < -0.39 is 0 Å². The van der Waals surface area contributed by atoms with Gasteiger partial charge in [0.15, 0.2) is 5.88 Å². The van der Waals surface area contributed by atoms with Crippen LogP contribution in [0.3, 0.4) is 0 Å². The van der Waals surface area contributed by atoms with E-state index in [9.17, 15) is 0 Å². The molecule has 0 radical (unpaired) electrons. The first-order valence-corrected chi connectivity index (χ1v) is 12.5. The molecule has 9 rings (SSSR count). The molecule has 0 bridgehead atoms. The molecule has 0 unspecified atom stereocenters. The number of nitrogens with zero attached hydrogens (tertiary/aromatic N) is 1. The van der Waals surface area contributed by atoms with Gasteiger partial charge in [0, 0.05) is 21.7 Å². The number of hydrogen-bond donors (Lipinski definition) is 0. The van der Waals surface area contributed by atoms with E-state index in [0.717, 1.165) is 77.9 Å². The summed E-state index contributed by atoms with van der Waals surface area (Å²) in [6.07, 6.45) is 0. The van der Waals surface area contributed by atoms with Gasteiger partial charge < -0.3 is 18.3 Å². The number of anilines is 2. The van der Waals surface area contributed by atoms with Gasteiger partial charge in [-0.15, -0.1) is 0 Å². The summed E-state index contributed by atoms with van der Waals surface area (Å²) in [5.41, 5.74) is 9.22. The zero-order valence-corrected chi connectivity index (χ0v) is 19.6. The smallest absolute Gasteiger partial charge is 0.527 e. The minimum absolute atomic E-state index is 0.281. The zero-order valence-electron chi connectivity index (χ0n) is 19.6. The summed E-state index contributed by atoms with van der Waals surface area (Å²) in [4.78, 5) is 2.19. The van der Waals surface area contributed by atoms with Gasteiger partial charge >= 0.3 is 7.05 Å². The lowest BCUT2D eigenvalue weighted by molar-refractivity contribution is 0.593. The number of benzene rings is 5. The SMILES string of the molecule is c1ccc2c(c1)OB1c3ccc(-c4cccc5c4oc4ccccc45)cc3-c3c(oc4ccccc34)N12. The fraction of sp³-hybridized carbons (Fsp3) is 0. The predicted octanol–water partition coefficient (Wildman–Crippen LogP) is 7.91. The maximum Gasteiger partial charge on any atom is 0.527 e. The van der Waals surface area contributed by atoms with Crippen LogP contribution in [-0.4, -0.2) is 7.05 Å². The number of para-hydroxylation sites is 5. The highest BCUT2D eigenvalue weighted by molar-refractivity contribution is 6.77. The van der Waals surface area contributed by atoms with Crippen LogP contribution in [0.2, 0.25) is 0 Å². The molecule has 2 aliphatic rings. The van der Waals surface area contributed by atoms with E-state index in [2.05, 4.69) is 71.5 Å². The van der Waals surface area contributed by atoms with Crippen molar-refractivity contribution in [2.75, 3.05) is 4.81 Å². The van der Waals surface area contributed by atoms with E-state index in [4.69, 9.17) is 13.5 Å². The highest BCUT2D eigenvalue weighted by atomic mass is 16.5. The van der Waals surface area contributed by atoms with Gasteiger partial charge in [0.1, 0.15) is 22.5 Å². The van der Waals surface area contributed by atoms with Crippen molar-refractivity contribution in [2.45, 2.75) is 0 Å². The molecule has 7 aromatic rings. The average molecular weight is 475 g/mol. The van der Waals surface area contributed by atoms with Gasteiger partial charge in [0.25, 0.3) is 0 Å². The van der Waals surface area contributed by atoms with E-state index in [1.807, 2.05) is 42.5 Å². The summed E-state index contributed by atoms with van der Waals surface area (Å²) >= 11 is 0. The summed E-state index contributed by atoms with van der Waals surface area (Å²) in [5, 5.41) is 3.36. The molecule has 37 heavy (non-hydrogen) atoms. The molecule has 0 aliphatic carbocycles. The minimum Gasteiger partial charge on any atom is -0.536 e. The van der Waals surface area contributed by atoms with Crippen LogP contribution < -0.4 is 14.9 Å². The van der Waals surface area contributed by atoms with Gasteiger partial charge in [-0.2, -0.15) is 0 Å². The Labute approximate surface area is 212 Å². The molecular formula is C32H18BNO3. The van der Waals surface area contributed by atoms with Gasteiger partial charge in [-0.25, -0.2) is 0 Å². The molecule has 0 amide bonds. The minimum atomic E-state index is -0.281. The number of fused-ring (bicyclic) bond motifs is 13. The van der Waals surface area contributed by atoms with Gasteiger partial charge in [-0.05, 0) is 46.9 Å². The first-order valence-electron chi connectivity index (χ1n) is 12.5. The molecule has 0 saturated carbocycles. The standard InChI is InChI=1S/C32H18BNO3/c1-4-13-27-21(8-1)22-11-7-10-20(31(22)35-27)19-16-17-25-24(18-19)30-23-9-2-5-14-28(23)36-32(30)34-26-12-3-6-15-29(26)37-33(25)34/h1-18H. The van der Waals surface area contributed by atoms with Crippen molar-refractivity contribution in [3.05, 3.63) is 109 Å². The molecule has 4 heterocycles. The van der Waals surface area contributed by atoms with Crippen LogP contribution in [0.1, 0.15) is 0 Å². The quantitative estimate of drug-likeness (QED) is 0.226. The van der Waals surface area contributed by atoms with Gasteiger partial charge in [-0.1, -0.05) is 78.9 Å². The molecule has 0 atom stereocenters. The topological polar surface area (TPSA) is 38.8 Å². The van der Waals surface area contributed by atoms with Crippen molar-refractivity contribution in [1.82, 2.24) is 0 Å². The van der Waals surface area contributed by atoms with Crippen LogP contribution >= 0.6 is 0 Å². The first-order chi connectivity index (χ1) is 18.3. The zero-order chi connectivity index (χ0) is 24.1. The van der Waals surface area contributed by atoms with Crippen molar-refractivity contribution >= 4 is 57.0 Å². The largest absolute Gasteiger partial charge is 0.536 e. The first kappa shape index (κ1) is 19.3. The summed E-state index contributed by atoms with van der Waals surface area (Å²) < 4.78 is 19.4. The average Bonchev–Trinajstić information content (AvgIpc) is 3.64. The number of rotatable bonds is 1.